The monoisotopic (exact) mass is 398 g/mol. The average molecular weight is 398 g/mol. The standard InChI is InChI=1S/C21H20F2N4O2/c1-3-4-11-27-21(29)16-8-6-5-7-15(16)19(26-27)20(28)25-24-13(2)17-12-14(22)9-10-18(17)23/h5-10,12H,3-4,11H2,1-2H3,(H,25,28)/b24-13-. The summed E-state index contributed by atoms with van der Waals surface area (Å²) in [5, 5.41) is 8.86. The zero-order valence-corrected chi connectivity index (χ0v) is 16.1. The first-order chi connectivity index (χ1) is 13.9. The number of unbranched alkanes of at least 4 members (excludes halogenated alkanes) is 1. The summed E-state index contributed by atoms with van der Waals surface area (Å²) in [7, 11) is 0. The molecule has 0 saturated carbocycles. The molecule has 0 bridgehead atoms. The van der Waals surface area contributed by atoms with Gasteiger partial charge < -0.3 is 0 Å². The molecule has 0 unspecified atom stereocenters. The molecule has 0 aliphatic heterocycles. The Hall–Kier alpha value is -3.42. The minimum Gasteiger partial charge on any atom is -0.267 e. The molecule has 0 fully saturated rings. The van der Waals surface area contributed by atoms with Crippen molar-refractivity contribution in [2.75, 3.05) is 0 Å². The maximum absolute atomic E-state index is 13.9. The molecule has 2 aromatic carbocycles. The fourth-order valence-corrected chi connectivity index (χ4v) is 2.88. The van der Waals surface area contributed by atoms with E-state index in [1.807, 2.05) is 6.92 Å². The molecule has 0 atom stereocenters. The molecule has 0 radical (unpaired) electrons. The maximum atomic E-state index is 13.9. The van der Waals surface area contributed by atoms with Gasteiger partial charge in [-0.05, 0) is 37.6 Å². The van der Waals surface area contributed by atoms with E-state index in [-0.39, 0.29) is 22.5 Å². The highest BCUT2D eigenvalue weighted by Crippen LogP contribution is 2.14. The van der Waals surface area contributed by atoms with Crippen LogP contribution in [0.2, 0.25) is 0 Å². The molecule has 1 N–H and O–H groups in total. The number of benzene rings is 2. The van der Waals surface area contributed by atoms with Crippen LogP contribution in [-0.4, -0.2) is 21.4 Å². The minimum absolute atomic E-state index is 0.0348. The lowest BCUT2D eigenvalue weighted by molar-refractivity contribution is 0.0949. The molecule has 29 heavy (non-hydrogen) atoms. The number of amides is 1. The van der Waals surface area contributed by atoms with Gasteiger partial charge in [-0.1, -0.05) is 31.5 Å². The van der Waals surface area contributed by atoms with E-state index < -0.39 is 17.5 Å². The zero-order chi connectivity index (χ0) is 21.0. The molecule has 3 aromatic rings. The Morgan fingerprint density at radius 1 is 1.17 bits per heavy atom. The van der Waals surface area contributed by atoms with Crippen LogP contribution in [0.5, 0.6) is 0 Å². The van der Waals surface area contributed by atoms with Crippen LogP contribution in [0.1, 0.15) is 42.7 Å². The van der Waals surface area contributed by atoms with Crippen LogP contribution in [0.4, 0.5) is 8.78 Å². The van der Waals surface area contributed by atoms with E-state index >= 15 is 0 Å². The van der Waals surface area contributed by atoms with E-state index in [9.17, 15) is 18.4 Å². The van der Waals surface area contributed by atoms with Crippen molar-refractivity contribution in [2.24, 2.45) is 5.10 Å². The van der Waals surface area contributed by atoms with Crippen LogP contribution in [0, 0.1) is 11.6 Å². The quantitative estimate of drug-likeness (QED) is 0.509. The lowest BCUT2D eigenvalue weighted by Gasteiger charge is -2.10. The smallest absolute Gasteiger partial charge is 0.267 e. The Morgan fingerprint density at radius 2 is 1.90 bits per heavy atom. The van der Waals surface area contributed by atoms with Gasteiger partial charge in [-0.15, -0.1) is 0 Å². The van der Waals surface area contributed by atoms with Gasteiger partial charge in [-0.25, -0.2) is 18.9 Å². The average Bonchev–Trinajstić information content (AvgIpc) is 2.73. The molecule has 150 valence electrons. The summed E-state index contributed by atoms with van der Waals surface area (Å²) in [4.78, 5) is 25.3. The first-order valence-electron chi connectivity index (χ1n) is 9.22. The third kappa shape index (κ3) is 4.37. The van der Waals surface area contributed by atoms with Gasteiger partial charge in [0.05, 0.1) is 11.1 Å². The lowest BCUT2D eigenvalue weighted by Crippen LogP contribution is -2.29. The predicted molar refractivity (Wildman–Crippen MR) is 107 cm³/mol. The Morgan fingerprint density at radius 3 is 2.62 bits per heavy atom. The molecule has 1 amide bonds. The molecule has 0 spiro atoms. The third-order valence-corrected chi connectivity index (χ3v) is 4.45. The molecule has 0 aliphatic carbocycles. The van der Waals surface area contributed by atoms with Crippen molar-refractivity contribution in [2.45, 2.75) is 33.2 Å². The third-order valence-electron chi connectivity index (χ3n) is 4.45. The van der Waals surface area contributed by atoms with Gasteiger partial charge in [-0.3, -0.25) is 9.59 Å². The fraction of sp³-hybridized carbons (Fsp3) is 0.238. The lowest BCUT2D eigenvalue weighted by atomic mass is 10.1. The number of nitrogens with one attached hydrogen (secondary N) is 1. The summed E-state index contributed by atoms with van der Waals surface area (Å²) in [6, 6.07) is 9.67. The van der Waals surface area contributed by atoms with E-state index in [2.05, 4.69) is 15.6 Å². The van der Waals surface area contributed by atoms with Gasteiger partial charge in [0.15, 0.2) is 5.69 Å². The van der Waals surface area contributed by atoms with Crippen molar-refractivity contribution in [3.63, 3.8) is 0 Å². The van der Waals surface area contributed by atoms with Crippen LogP contribution in [-0.2, 0) is 6.54 Å². The first kappa shape index (κ1) is 20.3. The SMILES string of the molecule is CCCCn1nc(C(=O)N/N=C(/C)c2cc(F)ccc2F)c2ccccc2c1=O. The summed E-state index contributed by atoms with van der Waals surface area (Å²) in [6.07, 6.45) is 1.60. The van der Waals surface area contributed by atoms with Crippen LogP contribution < -0.4 is 11.0 Å². The van der Waals surface area contributed by atoms with E-state index in [1.54, 1.807) is 24.3 Å². The van der Waals surface area contributed by atoms with Crippen LogP contribution in [0.25, 0.3) is 10.8 Å². The number of carbonyl (C=O) groups is 1. The molecule has 6 nitrogen and oxygen atoms in total. The predicted octanol–water partition coefficient (Wildman–Crippen LogP) is 3.63. The minimum atomic E-state index is -0.654. The second-order valence-corrected chi connectivity index (χ2v) is 6.54. The molecule has 3 rings (SSSR count). The second-order valence-electron chi connectivity index (χ2n) is 6.54. The number of hydrogen-bond acceptors (Lipinski definition) is 4. The van der Waals surface area contributed by atoms with Gasteiger partial charge in [0, 0.05) is 17.5 Å². The number of aromatic nitrogens is 2. The second kappa shape index (κ2) is 8.72. The van der Waals surface area contributed by atoms with E-state index in [1.165, 1.54) is 11.6 Å². The summed E-state index contributed by atoms with van der Waals surface area (Å²) in [6.45, 7) is 3.83. The molecular formula is C21H20F2N4O2. The van der Waals surface area contributed by atoms with E-state index in [0.29, 0.717) is 17.3 Å². The normalized spacial score (nSPS) is 11.7. The van der Waals surface area contributed by atoms with Gasteiger partial charge in [0.2, 0.25) is 0 Å². The number of hydrazone groups is 1. The summed E-state index contributed by atoms with van der Waals surface area (Å²) < 4.78 is 28.5. The summed E-state index contributed by atoms with van der Waals surface area (Å²) in [5.74, 6) is -1.92. The number of rotatable bonds is 6. The number of fused-ring (bicyclic) bond motifs is 1. The first-order valence-corrected chi connectivity index (χ1v) is 9.22. The number of carbonyl (C=O) groups excluding carboxylic acids is 1. The van der Waals surface area contributed by atoms with Crippen molar-refractivity contribution >= 4 is 22.4 Å². The number of aryl methyl sites for hydroxylation is 1. The van der Waals surface area contributed by atoms with E-state index in [0.717, 1.165) is 31.0 Å². The van der Waals surface area contributed by atoms with Crippen LogP contribution in [0.3, 0.4) is 0 Å². The van der Waals surface area contributed by atoms with E-state index in [4.69, 9.17) is 0 Å². The Balaban J connectivity index is 1.97. The van der Waals surface area contributed by atoms with Gasteiger partial charge in [-0.2, -0.15) is 10.2 Å². The highest BCUT2D eigenvalue weighted by Gasteiger charge is 2.17. The summed E-state index contributed by atoms with van der Waals surface area (Å²) in [5.41, 5.74) is 2.12. The molecule has 8 heteroatoms. The number of hydrogen-bond donors (Lipinski definition) is 1. The summed E-state index contributed by atoms with van der Waals surface area (Å²) >= 11 is 0. The fourth-order valence-electron chi connectivity index (χ4n) is 2.88. The highest BCUT2D eigenvalue weighted by molar-refractivity contribution is 6.06. The van der Waals surface area contributed by atoms with Crippen LogP contribution >= 0.6 is 0 Å². The van der Waals surface area contributed by atoms with Crippen molar-refractivity contribution in [1.29, 1.82) is 0 Å². The Bertz CT molecular complexity index is 1160. The number of nitrogens with zero attached hydrogens (tertiary/aromatic N) is 3. The van der Waals surface area contributed by atoms with Crippen molar-refractivity contribution in [3.05, 3.63) is 75.7 Å². The molecule has 0 saturated heterocycles. The Labute approximate surface area is 165 Å². The molecule has 0 aliphatic rings. The van der Waals surface area contributed by atoms with Gasteiger partial charge in [0.1, 0.15) is 11.6 Å². The largest absolute Gasteiger partial charge is 0.292 e. The zero-order valence-electron chi connectivity index (χ0n) is 16.1. The van der Waals surface area contributed by atoms with Gasteiger partial charge in [0.25, 0.3) is 11.5 Å². The maximum Gasteiger partial charge on any atom is 0.292 e. The van der Waals surface area contributed by atoms with Crippen LogP contribution in [0.15, 0.2) is 52.4 Å². The molecular weight excluding hydrogens is 378 g/mol. The topological polar surface area (TPSA) is 76.3 Å². The number of halogens is 2. The highest BCUT2D eigenvalue weighted by atomic mass is 19.1. The van der Waals surface area contributed by atoms with Crippen molar-refractivity contribution in [3.8, 4) is 0 Å². The Kier molecular flexibility index (Phi) is 6.11. The van der Waals surface area contributed by atoms with Crippen molar-refractivity contribution in [1.82, 2.24) is 15.2 Å². The van der Waals surface area contributed by atoms with Gasteiger partial charge >= 0.3 is 0 Å². The molecule has 1 heterocycles. The molecule has 1 aromatic heterocycles. The van der Waals surface area contributed by atoms with Crippen molar-refractivity contribution < 1.29 is 13.6 Å².